The number of esters is 4. The molecule has 0 aromatic rings. The van der Waals surface area contributed by atoms with Gasteiger partial charge in [0.15, 0.2) is 0 Å². The number of nitrogens with zero attached hydrogens (tertiary/aromatic N) is 1. The molecule has 1 unspecified atom stereocenters. The second kappa shape index (κ2) is 9.64. The lowest BCUT2D eigenvalue weighted by Crippen LogP contribution is -2.76. The Bertz CT molecular complexity index is 1140. The van der Waals surface area contributed by atoms with E-state index in [4.69, 9.17) is 23.7 Å². The second-order valence-corrected chi connectivity index (χ2v) is 13.4. The van der Waals surface area contributed by atoms with Gasteiger partial charge in [-0.1, -0.05) is 6.92 Å². The van der Waals surface area contributed by atoms with Crippen molar-refractivity contribution in [3.05, 3.63) is 0 Å². The number of hydrogen-bond acceptors (Lipinski definition) is 11. The summed E-state index contributed by atoms with van der Waals surface area (Å²) in [4.78, 5) is 52.3. The van der Waals surface area contributed by atoms with Crippen molar-refractivity contribution < 1.29 is 48.0 Å². The number of rotatable bonds is 7. The van der Waals surface area contributed by atoms with E-state index in [-0.39, 0.29) is 42.8 Å². The summed E-state index contributed by atoms with van der Waals surface area (Å²) in [5.74, 6) is -3.24. The summed E-state index contributed by atoms with van der Waals surface area (Å²) in [6.07, 6.45) is -0.416. The quantitative estimate of drug-likeness (QED) is 0.348. The molecule has 5 aliphatic carbocycles. The monoisotopic (exact) mass is 577 g/mol. The lowest BCUT2D eigenvalue weighted by Gasteiger charge is -2.68. The third kappa shape index (κ3) is 3.67. The van der Waals surface area contributed by atoms with Crippen molar-refractivity contribution in [2.75, 3.05) is 26.8 Å². The molecule has 6 aliphatic rings. The van der Waals surface area contributed by atoms with Crippen LogP contribution in [-0.2, 0) is 42.9 Å². The summed E-state index contributed by atoms with van der Waals surface area (Å²) in [5, 5.41) is 12.2. The molecule has 1 spiro atoms. The Morgan fingerprint density at radius 2 is 1.66 bits per heavy atom. The minimum atomic E-state index is -1.16. The van der Waals surface area contributed by atoms with Gasteiger partial charge in [0.25, 0.3) is 0 Å². The lowest BCUT2D eigenvalue weighted by atomic mass is 9.43. The zero-order valence-corrected chi connectivity index (χ0v) is 24.8. The van der Waals surface area contributed by atoms with Crippen LogP contribution < -0.4 is 0 Å². The van der Waals surface area contributed by atoms with Gasteiger partial charge in [0.1, 0.15) is 17.8 Å². The Morgan fingerprint density at radius 3 is 2.24 bits per heavy atom. The SMILES string of the molecule is CCN1C[C@]2(COC(C)=O)CC[C@H](O)[C@]34C1[C@H]([C@H](OC)[C@H]23)[C@@]1(OC(C)=O)C[C@H](OC(C)=O)[C@H]2C[C@@H]4[C@@H]1[C@H]2OC(C)=O. The molecule has 1 saturated heterocycles. The van der Waals surface area contributed by atoms with E-state index in [1.54, 1.807) is 7.11 Å². The average Bonchev–Trinajstić information content (AvgIpc) is 3.31. The number of hydrogen-bond donors (Lipinski definition) is 1. The Morgan fingerprint density at radius 1 is 0.951 bits per heavy atom. The van der Waals surface area contributed by atoms with Crippen LogP contribution in [0.5, 0.6) is 0 Å². The largest absolute Gasteiger partial charge is 0.465 e. The predicted octanol–water partition coefficient (Wildman–Crippen LogP) is 1.48. The number of fused-ring (bicyclic) bond motifs is 2. The van der Waals surface area contributed by atoms with Crippen LogP contribution in [0.2, 0.25) is 0 Å². The van der Waals surface area contributed by atoms with E-state index < -0.39 is 70.6 Å². The van der Waals surface area contributed by atoms with Gasteiger partial charge in [-0.25, -0.2) is 0 Å². The van der Waals surface area contributed by atoms with E-state index in [0.717, 1.165) is 0 Å². The minimum absolute atomic E-state index is 0.187. The van der Waals surface area contributed by atoms with Gasteiger partial charge in [-0.15, -0.1) is 0 Å². The van der Waals surface area contributed by atoms with Crippen molar-refractivity contribution in [3.63, 3.8) is 0 Å². The normalized spacial score (nSPS) is 48.8. The van der Waals surface area contributed by atoms with Gasteiger partial charge in [0.2, 0.25) is 0 Å². The molecule has 6 fully saturated rings. The maximum Gasteiger partial charge on any atom is 0.303 e. The van der Waals surface area contributed by atoms with Crippen molar-refractivity contribution in [3.8, 4) is 0 Å². The van der Waals surface area contributed by atoms with Crippen LogP contribution in [0, 0.1) is 40.4 Å². The highest BCUT2D eigenvalue weighted by Gasteiger charge is 2.88. The molecule has 0 amide bonds. The third-order valence-electron chi connectivity index (χ3n) is 11.8. The third-order valence-corrected chi connectivity index (χ3v) is 11.8. The van der Waals surface area contributed by atoms with Crippen LogP contribution in [0.15, 0.2) is 0 Å². The second-order valence-electron chi connectivity index (χ2n) is 13.4. The van der Waals surface area contributed by atoms with E-state index in [2.05, 4.69) is 11.8 Å². The van der Waals surface area contributed by atoms with Crippen LogP contribution in [0.3, 0.4) is 0 Å². The van der Waals surface area contributed by atoms with E-state index in [9.17, 15) is 24.3 Å². The molecule has 1 aliphatic heterocycles. The number of methoxy groups -OCH3 is 1. The number of likely N-dealkylation sites (tertiary alicyclic amines) is 1. The molecule has 7 bridgehead atoms. The van der Waals surface area contributed by atoms with Crippen molar-refractivity contribution >= 4 is 23.9 Å². The van der Waals surface area contributed by atoms with Crippen LogP contribution >= 0.6 is 0 Å². The Kier molecular flexibility index (Phi) is 6.78. The number of aliphatic hydroxyl groups is 1. The number of ether oxygens (including phenoxy) is 5. The van der Waals surface area contributed by atoms with Gasteiger partial charge in [-0.05, 0) is 31.7 Å². The molecule has 11 nitrogen and oxygen atoms in total. The molecule has 41 heavy (non-hydrogen) atoms. The van der Waals surface area contributed by atoms with Gasteiger partial charge in [-0.2, -0.15) is 0 Å². The molecule has 0 aromatic carbocycles. The highest BCUT2D eigenvalue weighted by molar-refractivity contribution is 5.68. The van der Waals surface area contributed by atoms with Crippen molar-refractivity contribution in [2.45, 2.75) is 96.4 Å². The molecule has 11 heteroatoms. The van der Waals surface area contributed by atoms with E-state index >= 15 is 0 Å². The van der Waals surface area contributed by atoms with E-state index in [1.807, 2.05) is 0 Å². The number of carbonyl (C=O) groups is 4. The number of aliphatic hydroxyl groups excluding tert-OH is 1. The molecule has 1 heterocycles. The zero-order chi connectivity index (χ0) is 29.6. The fourth-order valence-corrected chi connectivity index (χ4v) is 11.5. The maximum absolute atomic E-state index is 13.0. The summed E-state index contributed by atoms with van der Waals surface area (Å²) < 4.78 is 30.6. The van der Waals surface area contributed by atoms with Crippen molar-refractivity contribution in [2.24, 2.45) is 40.4 Å². The number of piperidine rings is 1. The molecule has 13 atom stereocenters. The first-order valence-corrected chi connectivity index (χ1v) is 15.0. The maximum atomic E-state index is 13.0. The minimum Gasteiger partial charge on any atom is -0.465 e. The van der Waals surface area contributed by atoms with Crippen LogP contribution in [0.25, 0.3) is 0 Å². The van der Waals surface area contributed by atoms with Gasteiger partial charge in [0.05, 0.1) is 18.8 Å². The molecule has 6 rings (SSSR count). The van der Waals surface area contributed by atoms with Crippen LogP contribution in [0.1, 0.15) is 60.3 Å². The molecule has 5 saturated carbocycles. The fraction of sp³-hybridized carbons (Fsp3) is 0.867. The first kappa shape index (κ1) is 28.9. The van der Waals surface area contributed by atoms with Gasteiger partial charge >= 0.3 is 23.9 Å². The van der Waals surface area contributed by atoms with Gasteiger partial charge in [0, 0.05) is 88.3 Å². The molecule has 1 N–H and O–H groups in total. The molecule has 228 valence electrons. The summed E-state index contributed by atoms with van der Waals surface area (Å²) in [5.41, 5.74) is -2.33. The summed E-state index contributed by atoms with van der Waals surface area (Å²) in [6, 6.07) is -0.198. The average molecular weight is 578 g/mol. The van der Waals surface area contributed by atoms with Crippen LogP contribution in [0.4, 0.5) is 0 Å². The Balaban J connectivity index is 1.62. The molecular weight excluding hydrogens is 534 g/mol. The van der Waals surface area contributed by atoms with Gasteiger partial charge in [-0.3, -0.25) is 24.1 Å². The first-order chi connectivity index (χ1) is 19.4. The van der Waals surface area contributed by atoms with Crippen molar-refractivity contribution in [1.82, 2.24) is 4.90 Å². The standard InChI is InChI=1S/C30H43NO10/c1-7-31-12-28(13-38-14(2)32)9-8-21(36)30-19-10-18-20(39-15(3)33)11-29(41-17(5)35,22(19)24(18)40-16(4)34)23(27(30)31)25(37-6)26(28)30/h18-27,36H,7-13H2,1-6H3/t18-,19-,20+,21+,22-,23+,24+,25+,26-,27?,28+,29-,30+/m1/s1. The van der Waals surface area contributed by atoms with Gasteiger partial charge < -0.3 is 28.8 Å². The summed E-state index contributed by atoms with van der Waals surface area (Å²) in [7, 11) is 1.66. The molecular formula is C30H43NO10. The lowest BCUT2D eigenvalue weighted by molar-refractivity contribution is -0.277. The van der Waals surface area contributed by atoms with E-state index in [1.165, 1.54) is 27.7 Å². The topological polar surface area (TPSA) is 138 Å². The number of carbonyl (C=O) groups excluding carboxylic acids is 4. The van der Waals surface area contributed by atoms with Crippen LogP contribution in [-0.4, -0.2) is 96.7 Å². The molecule has 0 radical (unpaired) electrons. The predicted molar refractivity (Wildman–Crippen MR) is 141 cm³/mol. The van der Waals surface area contributed by atoms with Crippen molar-refractivity contribution in [1.29, 1.82) is 0 Å². The highest BCUT2D eigenvalue weighted by atomic mass is 16.6. The fourth-order valence-electron chi connectivity index (χ4n) is 11.5. The summed E-state index contributed by atoms with van der Waals surface area (Å²) in [6.45, 7) is 9.15. The van der Waals surface area contributed by atoms with E-state index in [0.29, 0.717) is 32.4 Å². The Labute approximate surface area is 240 Å². The first-order valence-electron chi connectivity index (χ1n) is 15.0. The highest BCUT2D eigenvalue weighted by Crippen LogP contribution is 2.80. The summed E-state index contributed by atoms with van der Waals surface area (Å²) >= 11 is 0. The Hall–Kier alpha value is -2.24. The zero-order valence-electron chi connectivity index (χ0n) is 24.8. The molecule has 0 aromatic heterocycles. The smallest absolute Gasteiger partial charge is 0.303 e.